The molecule has 0 amide bonds. The van der Waals surface area contributed by atoms with Crippen LogP contribution in [0.2, 0.25) is 0 Å². The Morgan fingerprint density at radius 2 is 1.85 bits per heavy atom. The summed E-state index contributed by atoms with van der Waals surface area (Å²) in [6.07, 6.45) is 0. The third-order valence-corrected chi connectivity index (χ3v) is 7.24. The predicted molar refractivity (Wildman–Crippen MR) is 78.3 cm³/mol. The van der Waals surface area contributed by atoms with E-state index in [2.05, 4.69) is 4.72 Å². The Bertz CT molecular complexity index is 728. The van der Waals surface area contributed by atoms with E-state index in [-0.39, 0.29) is 16.4 Å². The summed E-state index contributed by atoms with van der Waals surface area (Å²) in [5, 5.41) is -0.735. The number of benzene rings is 1. The molecule has 1 aliphatic heterocycles. The summed E-state index contributed by atoms with van der Waals surface area (Å²) >= 11 is 5.91. The molecule has 1 N–H and O–H groups in total. The minimum Gasteiger partial charge on any atom is -0.229 e. The standard InChI is InChI=1S/C12H16ClNO4S2/c1-8-3-4-10(5-9(8)2)20(17,18)14-12-7-19(15,16)6-11(12)13/h3-5,11-12,14H,6-7H2,1-2H3/t11-,12-/m1/s1. The number of hydrogen-bond donors (Lipinski definition) is 1. The lowest BCUT2D eigenvalue weighted by atomic mass is 10.1. The highest BCUT2D eigenvalue weighted by atomic mass is 35.5. The molecule has 0 bridgehead atoms. The van der Waals surface area contributed by atoms with Gasteiger partial charge in [-0.2, -0.15) is 0 Å². The second kappa shape index (κ2) is 5.29. The summed E-state index contributed by atoms with van der Waals surface area (Å²) in [7, 11) is -7.04. The van der Waals surface area contributed by atoms with Gasteiger partial charge in [0.2, 0.25) is 10.0 Å². The number of aryl methyl sites for hydroxylation is 2. The normalized spacial score (nSPS) is 25.8. The van der Waals surface area contributed by atoms with Crippen molar-refractivity contribution in [2.75, 3.05) is 11.5 Å². The minimum absolute atomic E-state index is 0.119. The molecule has 0 spiro atoms. The highest BCUT2D eigenvalue weighted by molar-refractivity contribution is 7.92. The number of halogens is 1. The van der Waals surface area contributed by atoms with E-state index in [1.165, 1.54) is 6.07 Å². The first-order chi connectivity index (χ1) is 9.11. The summed E-state index contributed by atoms with van der Waals surface area (Å²) in [6, 6.07) is 3.99. The van der Waals surface area contributed by atoms with Crippen LogP contribution >= 0.6 is 11.6 Å². The Kier molecular flexibility index (Phi) is 4.17. The van der Waals surface area contributed by atoms with Gasteiger partial charge in [0.15, 0.2) is 9.84 Å². The summed E-state index contributed by atoms with van der Waals surface area (Å²) in [5.41, 5.74) is 1.84. The maximum Gasteiger partial charge on any atom is 0.240 e. The summed E-state index contributed by atoms with van der Waals surface area (Å²) < 4.78 is 49.8. The highest BCUT2D eigenvalue weighted by Gasteiger charge is 2.38. The first kappa shape index (κ1) is 15.8. The molecule has 1 aromatic carbocycles. The fourth-order valence-electron chi connectivity index (χ4n) is 2.06. The van der Waals surface area contributed by atoms with Gasteiger partial charge >= 0.3 is 0 Å². The summed E-state index contributed by atoms with van der Waals surface area (Å²) in [5.74, 6) is -0.458. The van der Waals surface area contributed by atoms with Crippen molar-refractivity contribution in [3.8, 4) is 0 Å². The van der Waals surface area contributed by atoms with Gasteiger partial charge in [0.05, 0.1) is 27.8 Å². The number of rotatable bonds is 3. The molecular weight excluding hydrogens is 322 g/mol. The van der Waals surface area contributed by atoms with Crippen molar-refractivity contribution in [2.24, 2.45) is 0 Å². The van der Waals surface area contributed by atoms with Crippen molar-refractivity contribution in [3.63, 3.8) is 0 Å². The van der Waals surface area contributed by atoms with Crippen LogP contribution in [0.25, 0.3) is 0 Å². The van der Waals surface area contributed by atoms with Gasteiger partial charge in [-0.25, -0.2) is 21.6 Å². The van der Waals surface area contributed by atoms with E-state index in [1.54, 1.807) is 12.1 Å². The van der Waals surface area contributed by atoms with Gasteiger partial charge in [0.1, 0.15) is 0 Å². The van der Waals surface area contributed by atoms with Crippen molar-refractivity contribution in [1.29, 1.82) is 0 Å². The summed E-state index contributed by atoms with van der Waals surface area (Å²) in [4.78, 5) is 0.119. The molecule has 2 atom stereocenters. The Balaban J connectivity index is 2.26. The number of sulfonamides is 1. The van der Waals surface area contributed by atoms with Gasteiger partial charge in [-0.05, 0) is 37.1 Å². The molecule has 0 aromatic heterocycles. The van der Waals surface area contributed by atoms with Gasteiger partial charge in [0, 0.05) is 0 Å². The van der Waals surface area contributed by atoms with E-state index in [4.69, 9.17) is 11.6 Å². The average molecular weight is 338 g/mol. The summed E-state index contributed by atoms with van der Waals surface area (Å²) in [6.45, 7) is 3.70. The second-order valence-electron chi connectivity index (χ2n) is 5.07. The van der Waals surface area contributed by atoms with E-state index >= 15 is 0 Å². The topological polar surface area (TPSA) is 80.3 Å². The number of alkyl halides is 1. The molecule has 5 nitrogen and oxygen atoms in total. The predicted octanol–water partition coefficient (Wildman–Crippen LogP) is 0.986. The van der Waals surface area contributed by atoms with Gasteiger partial charge in [-0.3, -0.25) is 0 Å². The third kappa shape index (κ3) is 3.33. The van der Waals surface area contributed by atoms with Crippen molar-refractivity contribution < 1.29 is 16.8 Å². The zero-order valence-electron chi connectivity index (χ0n) is 11.1. The molecule has 0 aliphatic carbocycles. The van der Waals surface area contributed by atoms with Crippen molar-refractivity contribution in [2.45, 2.75) is 30.2 Å². The zero-order chi connectivity index (χ0) is 15.1. The molecule has 1 fully saturated rings. The van der Waals surface area contributed by atoms with E-state index in [1.807, 2.05) is 13.8 Å². The Morgan fingerprint density at radius 3 is 2.35 bits per heavy atom. The molecule has 8 heteroatoms. The van der Waals surface area contributed by atoms with Crippen LogP contribution in [-0.4, -0.2) is 39.8 Å². The van der Waals surface area contributed by atoms with Crippen LogP contribution in [0.5, 0.6) is 0 Å². The maximum atomic E-state index is 12.2. The van der Waals surface area contributed by atoms with Crippen LogP contribution in [0.1, 0.15) is 11.1 Å². The van der Waals surface area contributed by atoms with Crippen molar-refractivity contribution >= 4 is 31.5 Å². The lowest BCUT2D eigenvalue weighted by Crippen LogP contribution is -2.40. The number of nitrogens with one attached hydrogen (secondary N) is 1. The quantitative estimate of drug-likeness (QED) is 0.834. The first-order valence-electron chi connectivity index (χ1n) is 6.05. The average Bonchev–Trinajstić information content (AvgIpc) is 2.54. The lowest BCUT2D eigenvalue weighted by Gasteiger charge is -2.15. The van der Waals surface area contributed by atoms with Gasteiger partial charge in [-0.15, -0.1) is 11.6 Å². The fourth-order valence-corrected chi connectivity index (χ4v) is 6.15. The Hall–Kier alpha value is -0.630. The van der Waals surface area contributed by atoms with E-state index in [0.717, 1.165) is 11.1 Å². The Morgan fingerprint density at radius 1 is 1.20 bits per heavy atom. The molecule has 20 heavy (non-hydrogen) atoms. The maximum absolute atomic E-state index is 12.2. The van der Waals surface area contributed by atoms with Crippen LogP contribution in [-0.2, 0) is 19.9 Å². The molecular formula is C12H16ClNO4S2. The van der Waals surface area contributed by atoms with Crippen LogP contribution in [0, 0.1) is 13.8 Å². The SMILES string of the molecule is Cc1ccc(S(=O)(=O)N[C@@H]2CS(=O)(=O)C[C@H]2Cl)cc1C. The molecule has 1 heterocycles. The molecule has 1 aromatic rings. The smallest absolute Gasteiger partial charge is 0.229 e. The number of sulfone groups is 1. The molecule has 1 aliphatic rings. The third-order valence-electron chi connectivity index (χ3n) is 3.38. The second-order valence-corrected chi connectivity index (χ2v) is 9.50. The minimum atomic E-state index is -3.76. The molecule has 0 radical (unpaired) electrons. The van der Waals surface area contributed by atoms with E-state index in [9.17, 15) is 16.8 Å². The molecule has 0 unspecified atom stereocenters. The molecule has 2 rings (SSSR count). The Labute approximate surface area is 124 Å². The number of hydrogen-bond acceptors (Lipinski definition) is 4. The fraction of sp³-hybridized carbons (Fsp3) is 0.500. The van der Waals surface area contributed by atoms with Crippen LogP contribution < -0.4 is 4.72 Å². The highest BCUT2D eigenvalue weighted by Crippen LogP contribution is 2.21. The van der Waals surface area contributed by atoms with Gasteiger partial charge in [0.25, 0.3) is 0 Å². The van der Waals surface area contributed by atoms with Crippen molar-refractivity contribution in [3.05, 3.63) is 29.3 Å². The van der Waals surface area contributed by atoms with Crippen molar-refractivity contribution in [1.82, 2.24) is 4.72 Å². The van der Waals surface area contributed by atoms with E-state index < -0.39 is 31.3 Å². The van der Waals surface area contributed by atoms with Crippen LogP contribution in [0.3, 0.4) is 0 Å². The monoisotopic (exact) mass is 337 g/mol. The lowest BCUT2D eigenvalue weighted by molar-refractivity contribution is 0.563. The van der Waals surface area contributed by atoms with Crippen LogP contribution in [0.4, 0.5) is 0 Å². The van der Waals surface area contributed by atoms with E-state index in [0.29, 0.717) is 0 Å². The largest absolute Gasteiger partial charge is 0.240 e. The molecule has 1 saturated heterocycles. The zero-order valence-corrected chi connectivity index (χ0v) is 13.5. The molecule has 112 valence electrons. The first-order valence-corrected chi connectivity index (χ1v) is 9.79. The molecule has 0 saturated carbocycles. The van der Waals surface area contributed by atoms with Gasteiger partial charge in [-0.1, -0.05) is 6.07 Å². The van der Waals surface area contributed by atoms with Gasteiger partial charge < -0.3 is 0 Å². The van der Waals surface area contributed by atoms with Crippen LogP contribution in [0.15, 0.2) is 23.1 Å².